The minimum Gasteiger partial charge on any atom is -0.498 e. The first-order chi connectivity index (χ1) is 13.4. The van der Waals surface area contributed by atoms with Gasteiger partial charge in [-0.05, 0) is 11.1 Å². The summed E-state index contributed by atoms with van der Waals surface area (Å²) in [5.74, 6) is 2.48. The van der Waals surface area contributed by atoms with E-state index in [9.17, 15) is 0 Å². The van der Waals surface area contributed by atoms with Crippen LogP contribution in [0.5, 0.6) is 0 Å². The summed E-state index contributed by atoms with van der Waals surface area (Å²) in [7, 11) is 0. The van der Waals surface area contributed by atoms with Gasteiger partial charge in [0.15, 0.2) is 0 Å². The first-order valence-corrected chi connectivity index (χ1v) is 8.99. The van der Waals surface area contributed by atoms with E-state index >= 15 is 0 Å². The van der Waals surface area contributed by atoms with Crippen LogP contribution in [0.3, 0.4) is 0 Å². The predicted molar refractivity (Wildman–Crippen MR) is 104 cm³/mol. The number of ether oxygens (including phenoxy) is 4. The van der Waals surface area contributed by atoms with Crippen LogP contribution < -0.4 is 0 Å². The molecule has 0 fully saturated rings. The average Bonchev–Trinajstić information content (AvgIpc) is 2.73. The number of hydrogen-bond donors (Lipinski definition) is 0. The fourth-order valence-electron chi connectivity index (χ4n) is 2.87. The molecule has 0 aliphatic carbocycles. The highest BCUT2D eigenvalue weighted by Gasteiger charge is 2.31. The van der Waals surface area contributed by atoms with E-state index in [0.717, 1.165) is 16.7 Å². The molecule has 2 aromatic carbocycles. The quantitative estimate of drug-likeness (QED) is 0.502. The Morgan fingerprint density at radius 3 is 2.15 bits per heavy atom. The highest BCUT2D eigenvalue weighted by molar-refractivity contribution is 5.17. The molecule has 27 heavy (non-hydrogen) atoms. The van der Waals surface area contributed by atoms with Gasteiger partial charge in [0.25, 0.3) is 0 Å². The number of benzene rings is 2. The van der Waals surface area contributed by atoms with Crippen LogP contribution in [0.4, 0.5) is 0 Å². The third-order valence-electron chi connectivity index (χ3n) is 4.23. The fourth-order valence-corrected chi connectivity index (χ4v) is 2.87. The SMILES string of the molecule is C#CCOCC1=COC[C@@H](OCc2ccccc2)[C@@H]1OCc1ccccc1. The topological polar surface area (TPSA) is 36.9 Å². The maximum atomic E-state index is 6.21. The summed E-state index contributed by atoms with van der Waals surface area (Å²) < 4.78 is 23.4. The number of hydrogen-bond acceptors (Lipinski definition) is 4. The van der Waals surface area contributed by atoms with E-state index in [1.807, 2.05) is 60.7 Å². The van der Waals surface area contributed by atoms with Crippen LogP contribution in [-0.4, -0.2) is 32.0 Å². The molecule has 3 rings (SSSR count). The molecule has 0 spiro atoms. The van der Waals surface area contributed by atoms with E-state index in [2.05, 4.69) is 5.92 Å². The Balaban J connectivity index is 1.65. The van der Waals surface area contributed by atoms with Crippen LogP contribution in [0.15, 0.2) is 72.5 Å². The van der Waals surface area contributed by atoms with E-state index in [4.69, 9.17) is 25.4 Å². The van der Waals surface area contributed by atoms with Crippen LogP contribution in [-0.2, 0) is 32.2 Å². The molecule has 0 amide bonds. The third kappa shape index (κ3) is 5.97. The van der Waals surface area contributed by atoms with Crippen molar-refractivity contribution in [1.82, 2.24) is 0 Å². The molecule has 0 N–H and O–H groups in total. The smallest absolute Gasteiger partial charge is 0.122 e. The predicted octanol–water partition coefficient (Wildman–Crippen LogP) is 3.72. The van der Waals surface area contributed by atoms with E-state index < -0.39 is 0 Å². The Hall–Kier alpha value is -2.58. The molecule has 4 nitrogen and oxygen atoms in total. The van der Waals surface area contributed by atoms with Gasteiger partial charge >= 0.3 is 0 Å². The molecule has 2 aromatic rings. The number of terminal acetylenes is 1. The van der Waals surface area contributed by atoms with Crippen LogP contribution in [0, 0.1) is 12.3 Å². The molecule has 0 saturated heterocycles. The molecular weight excluding hydrogens is 340 g/mol. The van der Waals surface area contributed by atoms with E-state index in [1.165, 1.54) is 0 Å². The molecule has 2 atom stereocenters. The molecule has 0 unspecified atom stereocenters. The lowest BCUT2D eigenvalue weighted by atomic mass is 10.0. The van der Waals surface area contributed by atoms with Crippen molar-refractivity contribution in [2.75, 3.05) is 19.8 Å². The molecule has 4 heteroatoms. The average molecular weight is 364 g/mol. The van der Waals surface area contributed by atoms with Crippen molar-refractivity contribution >= 4 is 0 Å². The Morgan fingerprint density at radius 1 is 0.889 bits per heavy atom. The zero-order chi connectivity index (χ0) is 18.7. The highest BCUT2D eigenvalue weighted by Crippen LogP contribution is 2.23. The lowest BCUT2D eigenvalue weighted by molar-refractivity contribution is -0.106. The zero-order valence-corrected chi connectivity index (χ0v) is 15.3. The van der Waals surface area contributed by atoms with Gasteiger partial charge in [0.2, 0.25) is 0 Å². The van der Waals surface area contributed by atoms with Crippen molar-refractivity contribution in [2.24, 2.45) is 0 Å². The van der Waals surface area contributed by atoms with Crippen LogP contribution in [0.1, 0.15) is 11.1 Å². The monoisotopic (exact) mass is 364 g/mol. The third-order valence-corrected chi connectivity index (χ3v) is 4.23. The summed E-state index contributed by atoms with van der Waals surface area (Å²) in [6.45, 7) is 2.03. The zero-order valence-electron chi connectivity index (χ0n) is 15.3. The minimum atomic E-state index is -0.250. The van der Waals surface area contributed by atoms with Gasteiger partial charge < -0.3 is 18.9 Å². The summed E-state index contributed by atoms with van der Waals surface area (Å²) in [5.41, 5.74) is 3.11. The van der Waals surface area contributed by atoms with Crippen molar-refractivity contribution in [3.63, 3.8) is 0 Å². The molecule has 0 radical (unpaired) electrons. The summed E-state index contributed by atoms with van der Waals surface area (Å²) in [4.78, 5) is 0. The molecular formula is C23H24O4. The van der Waals surface area contributed by atoms with Crippen molar-refractivity contribution in [3.8, 4) is 12.3 Å². The Labute approximate surface area is 160 Å². The lowest BCUT2D eigenvalue weighted by Gasteiger charge is -2.32. The highest BCUT2D eigenvalue weighted by atomic mass is 16.6. The van der Waals surface area contributed by atoms with Crippen LogP contribution >= 0.6 is 0 Å². The summed E-state index contributed by atoms with van der Waals surface area (Å²) in [6, 6.07) is 20.1. The maximum absolute atomic E-state index is 6.21. The van der Waals surface area contributed by atoms with Crippen LogP contribution in [0.25, 0.3) is 0 Å². The molecule has 1 heterocycles. The van der Waals surface area contributed by atoms with Gasteiger partial charge in [-0.2, -0.15) is 0 Å². The number of rotatable bonds is 9. The second-order valence-electron chi connectivity index (χ2n) is 6.28. The standard InChI is InChI=1S/C23H24O4/c1-2-13-24-16-21-17-25-18-22(26-14-19-9-5-3-6-10-19)23(21)27-15-20-11-7-4-8-12-20/h1,3-12,17,22-23H,13-16,18H2/t22-,23-/m1/s1. The molecule has 1 aliphatic rings. The van der Waals surface area contributed by atoms with E-state index in [0.29, 0.717) is 26.4 Å². The van der Waals surface area contributed by atoms with Crippen molar-refractivity contribution in [1.29, 1.82) is 0 Å². The molecule has 0 bridgehead atoms. The first kappa shape index (κ1) is 19.2. The van der Waals surface area contributed by atoms with Gasteiger partial charge in [0.1, 0.15) is 25.4 Å². The second kappa shape index (κ2) is 10.5. The summed E-state index contributed by atoms with van der Waals surface area (Å²) in [5, 5.41) is 0. The van der Waals surface area contributed by atoms with E-state index in [1.54, 1.807) is 6.26 Å². The van der Waals surface area contributed by atoms with Gasteiger partial charge in [0.05, 0.1) is 26.1 Å². The van der Waals surface area contributed by atoms with Crippen molar-refractivity contribution in [2.45, 2.75) is 25.4 Å². The van der Waals surface area contributed by atoms with Crippen LogP contribution in [0.2, 0.25) is 0 Å². The van der Waals surface area contributed by atoms with E-state index in [-0.39, 0.29) is 18.8 Å². The minimum absolute atomic E-state index is 0.219. The Bertz CT molecular complexity index is 749. The summed E-state index contributed by atoms with van der Waals surface area (Å²) >= 11 is 0. The Kier molecular flexibility index (Phi) is 7.49. The first-order valence-electron chi connectivity index (χ1n) is 8.99. The maximum Gasteiger partial charge on any atom is 0.122 e. The lowest BCUT2D eigenvalue weighted by Crippen LogP contribution is -2.40. The van der Waals surface area contributed by atoms with Crippen molar-refractivity contribution in [3.05, 3.63) is 83.6 Å². The van der Waals surface area contributed by atoms with Gasteiger partial charge in [-0.25, -0.2) is 0 Å². The second-order valence-corrected chi connectivity index (χ2v) is 6.28. The fraction of sp³-hybridized carbons (Fsp3) is 0.304. The van der Waals surface area contributed by atoms with Gasteiger partial charge in [0, 0.05) is 5.57 Å². The normalized spacial score (nSPS) is 19.0. The van der Waals surface area contributed by atoms with Gasteiger partial charge in [-0.15, -0.1) is 6.42 Å². The van der Waals surface area contributed by atoms with Crippen molar-refractivity contribution < 1.29 is 18.9 Å². The largest absolute Gasteiger partial charge is 0.498 e. The molecule has 140 valence electrons. The Morgan fingerprint density at radius 2 is 1.52 bits per heavy atom. The van der Waals surface area contributed by atoms with Gasteiger partial charge in [-0.1, -0.05) is 66.6 Å². The molecule has 0 aromatic heterocycles. The molecule has 0 saturated carbocycles. The summed E-state index contributed by atoms with van der Waals surface area (Å²) in [6.07, 6.45) is 6.51. The molecule has 1 aliphatic heterocycles. The van der Waals surface area contributed by atoms with Gasteiger partial charge in [-0.3, -0.25) is 0 Å².